The van der Waals surface area contributed by atoms with Crippen LogP contribution >= 0.6 is 0 Å². The van der Waals surface area contributed by atoms with Gasteiger partial charge in [0, 0.05) is 41.3 Å². The molecule has 0 radical (unpaired) electrons. The minimum Gasteiger partial charge on any atom is -0.341 e. The number of nitrogens with zero attached hydrogens (tertiary/aromatic N) is 1. The molecule has 0 aliphatic carbocycles. The zero-order valence-corrected chi connectivity index (χ0v) is 10.1. The van der Waals surface area contributed by atoms with Crippen molar-refractivity contribution in [1.82, 2.24) is 4.90 Å². The van der Waals surface area contributed by atoms with E-state index in [1.807, 2.05) is 11.8 Å². The highest BCUT2D eigenvalue weighted by Gasteiger charge is 2.23. The van der Waals surface area contributed by atoms with E-state index in [0.29, 0.717) is 31.1 Å². The molecule has 1 saturated heterocycles. The third-order valence-electron chi connectivity index (χ3n) is 2.75. The summed E-state index contributed by atoms with van der Waals surface area (Å²) in [5.41, 5.74) is 5.41. The summed E-state index contributed by atoms with van der Waals surface area (Å²) in [6.07, 6.45) is 1.75. The predicted molar refractivity (Wildman–Crippen MR) is 61.9 cm³/mol. The minimum atomic E-state index is -0.710. The Morgan fingerprint density at radius 3 is 2.60 bits per heavy atom. The van der Waals surface area contributed by atoms with Gasteiger partial charge in [0.25, 0.3) is 0 Å². The molecule has 2 N–H and O–H groups in total. The molecule has 0 aromatic heterocycles. The van der Waals surface area contributed by atoms with E-state index < -0.39 is 10.8 Å². The van der Waals surface area contributed by atoms with Gasteiger partial charge in [0.2, 0.25) is 5.91 Å². The zero-order chi connectivity index (χ0) is 11.3. The van der Waals surface area contributed by atoms with Crippen molar-refractivity contribution >= 4 is 16.7 Å². The van der Waals surface area contributed by atoms with Crippen LogP contribution in [0.3, 0.4) is 0 Å². The summed E-state index contributed by atoms with van der Waals surface area (Å²) in [7, 11) is -0.710. The van der Waals surface area contributed by atoms with Crippen LogP contribution in [0.4, 0.5) is 0 Å². The molecule has 1 unspecified atom stereocenters. The van der Waals surface area contributed by atoms with E-state index in [9.17, 15) is 9.00 Å². The van der Waals surface area contributed by atoms with E-state index in [0.717, 1.165) is 12.8 Å². The molecule has 0 saturated carbocycles. The molecule has 1 fully saturated rings. The second-order valence-electron chi connectivity index (χ2n) is 4.01. The molecular formula is C10H20N2O2S. The lowest BCUT2D eigenvalue weighted by Gasteiger charge is -2.28. The SMILES string of the molecule is CC(CCCN)C(=O)N1CCS(=O)CC1. The molecule has 5 heteroatoms. The van der Waals surface area contributed by atoms with Crippen molar-refractivity contribution in [3.05, 3.63) is 0 Å². The first kappa shape index (κ1) is 12.6. The first-order valence-corrected chi connectivity index (χ1v) is 6.97. The second kappa shape index (κ2) is 6.23. The molecule has 0 bridgehead atoms. The molecule has 1 heterocycles. The van der Waals surface area contributed by atoms with Gasteiger partial charge in [-0.25, -0.2) is 0 Å². The van der Waals surface area contributed by atoms with E-state index in [1.165, 1.54) is 0 Å². The molecule has 4 nitrogen and oxygen atoms in total. The molecule has 0 aromatic carbocycles. The van der Waals surface area contributed by atoms with Crippen molar-refractivity contribution in [2.24, 2.45) is 11.7 Å². The monoisotopic (exact) mass is 232 g/mol. The van der Waals surface area contributed by atoms with Crippen LogP contribution in [0.15, 0.2) is 0 Å². The number of amides is 1. The van der Waals surface area contributed by atoms with Gasteiger partial charge in [-0.15, -0.1) is 0 Å². The number of carbonyl (C=O) groups excluding carboxylic acids is 1. The van der Waals surface area contributed by atoms with Gasteiger partial charge in [0.15, 0.2) is 0 Å². The van der Waals surface area contributed by atoms with Crippen molar-refractivity contribution in [3.63, 3.8) is 0 Å². The quantitative estimate of drug-likeness (QED) is 0.739. The number of hydrogen-bond donors (Lipinski definition) is 1. The summed E-state index contributed by atoms with van der Waals surface area (Å²) in [6, 6.07) is 0. The topological polar surface area (TPSA) is 63.4 Å². The molecular weight excluding hydrogens is 212 g/mol. The molecule has 88 valence electrons. The van der Waals surface area contributed by atoms with Gasteiger partial charge in [-0.2, -0.15) is 0 Å². The van der Waals surface area contributed by atoms with Crippen molar-refractivity contribution in [3.8, 4) is 0 Å². The number of carbonyl (C=O) groups is 1. The van der Waals surface area contributed by atoms with Crippen LogP contribution in [-0.4, -0.2) is 46.2 Å². The van der Waals surface area contributed by atoms with Crippen LogP contribution < -0.4 is 5.73 Å². The summed E-state index contributed by atoms with van der Waals surface area (Å²) in [5, 5.41) is 0. The summed E-state index contributed by atoms with van der Waals surface area (Å²) < 4.78 is 11.1. The van der Waals surface area contributed by atoms with Gasteiger partial charge in [0.05, 0.1) is 0 Å². The van der Waals surface area contributed by atoms with E-state index in [1.54, 1.807) is 0 Å². The van der Waals surface area contributed by atoms with Crippen LogP contribution in [-0.2, 0) is 15.6 Å². The van der Waals surface area contributed by atoms with E-state index in [4.69, 9.17) is 5.73 Å². The summed E-state index contributed by atoms with van der Waals surface area (Å²) in [4.78, 5) is 13.7. The lowest BCUT2D eigenvalue weighted by Crippen LogP contribution is -2.44. The Labute approximate surface area is 93.7 Å². The largest absolute Gasteiger partial charge is 0.341 e. The maximum atomic E-state index is 11.9. The summed E-state index contributed by atoms with van der Waals surface area (Å²) in [6.45, 7) is 3.89. The van der Waals surface area contributed by atoms with Crippen LogP contribution in [0.2, 0.25) is 0 Å². The van der Waals surface area contributed by atoms with Crippen LogP contribution in [0, 0.1) is 5.92 Å². The lowest BCUT2D eigenvalue weighted by molar-refractivity contribution is -0.134. The molecule has 15 heavy (non-hydrogen) atoms. The van der Waals surface area contributed by atoms with Gasteiger partial charge in [0.1, 0.15) is 0 Å². The van der Waals surface area contributed by atoms with Crippen molar-refractivity contribution < 1.29 is 9.00 Å². The molecule has 1 atom stereocenters. The summed E-state index contributed by atoms with van der Waals surface area (Å²) in [5.74, 6) is 1.52. The minimum absolute atomic E-state index is 0.0556. The van der Waals surface area contributed by atoms with Gasteiger partial charge >= 0.3 is 0 Å². The zero-order valence-electron chi connectivity index (χ0n) is 9.28. The maximum Gasteiger partial charge on any atom is 0.225 e. The standard InChI is InChI=1S/C10H20N2O2S/c1-9(3-2-4-11)10(13)12-5-7-15(14)8-6-12/h9H,2-8,11H2,1H3. The third kappa shape index (κ3) is 3.91. The predicted octanol–water partition coefficient (Wildman–Crippen LogP) is -0.0477. The van der Waals surface area contributed by atoms with Crippen LogP contribution in [0.25, 0.3) is 0 Å². The molecule has 1 aliphatic heterocycles. The fourth-order valence-corrected chi connectivity index (χ4v) is 2.77. The van der Waals surface area contributed by atoms with Gasteiger partial charge < -0.3 is 10.6 Å². The number of hydrogen-bond acceptors (Lipinski definition) is 3. The van der Waals surface area contributed by atoms with Crippen molar-refractivity contribution in [2.45, 2.75) is 19.8 Å². The Morgan fingerprint density at radius 1 is 1.47 bits per heavy atom. The first-order valence-electron chi connectivity index (χ1n) is 5.49. The highest BCUT2D eigenvalue weighted by molar-refractivity contribution is 7.85. The average Bonchev–Trinajstić information content (AvgIpc) is 2.26. The van der Waals surface area contributed by atoms with Crippen molar-refractivity contribution in [2.75, 3.05) is 31.1 Å². The van der Waals surface area contributed by atoms with Gasteiger partial charge in [-0.05, 0) is 19.4 Å². The lowest BCUT2D eigenvalue weighted by atomic mass is 10.0. The first-order chi connectivity index (χ1) is 7.15. The van der Waals surface area contributed by atoms with E-state index in [2.05, 4.69) is 0 Å². The molecule has 1 amide bonds. The Morgan fingerprint density at radius 2 is 2.07 bits per heavy atom. The van der Waals surface area contributed by atoms with Crippen molar-refractivity contribution in [1.29, 1.82) is 0 Å². The molecule has 0 aromatic rings. The van der Waals surface area contributed by atoms with Crippen LogP contribution in [0.1, 0.15) is 19.8 Å². The Bertz CT molecular complexity index is 236. The molecule has 0 spiro atoms. The highest BCUT2D eigenvalue weighted by Crippen LogP contribution is 2.11. The molecule has 1 aliphatic rings. The van der Waals surface area contributed by atoms with E-state index >= 15 is 0 Å². The fourth-order valence-electron chi connectivity index (χ4n) is 1.72. The number of rotatable bonds is 4. The highest BCUT2D eigenvalue weighted by atomic mass is 32.2. The Hall–Kier alpha value is -0.420. The summed E-state index contributed by atoms with van der Waals surface area (Å²) >= 11 is 0. The molecule has 1 rings (SSSR count). The van der Waals surface area contributed by atoms with Gasteiger partial charge in [-0.3, -0.25) is 9.00 Å². The smallest absolute Gasteiger partial charge is 0.225 e. The Kier molecular flexibility index (Phi) is 5.25. The second-order valence-corrected chi connectivity index (χ2v) is 5.70. The number of nitrogens with two attached hydrogens (primary N) is 1. The third-order valence-corrected chi connectivity index (χ3v) is 4.03. The maximum absolute atomic E-state index is 11.9. The average molecular weight is 232 g/mol. The fraction of sp³-hybridized carbons (Fsp3) is 0.900. The Balaban J connectivity index is 2.35. The van der Waals surface area contributed by atoms with Gasteiger partial charge in [-0.1, -0.05) is 6.92 Å². The van der Waals surface area contributed by atoms with E-state index in [-0.39, 0.29) is 11.8 Å². The van der Waals surface area contributed by atoms with Crippen LogP contribution in [0.5, 0.6) is 0 Å². The normalized spacial score (nSPS) is 20.3.